The number of hydrogen-bond acceptors (Lipinski definition) is 0. The summed E-state index contributed by atoms with van der Waals surface area (Å²) in [6.07, 6.45) is 15.6. The molecule has 35 heavy (non-hydrogen) atoms. The molecular weight excluding hydrogens is 422 g/mol. The van der Waals surface area contributed by atoms with Gasteiger partial charge in [0.2, 0.25) is 0 Å². The first-order valence-electron chi connectivity index (χ1n) is 13.6. The molecule has 1 heterocycles. The second-order valence-corrected chi connectivity index (χ2v) is 10.1. The van der Waals surface area contributed by atoms with Crippen LogP contribution in [-0.2, 0) is 19.4 Å². The average molecular weight is 464 g/mol. The zero-order chi connectivity index (χ0) is 24.5. The normalized spacial score (nSPS) is 11.8. The average Bonchev–Trinajstić information content (AvgIpc) is 3.27. The van der Waals surface area contributed by atoms with Gasteiger partial charge in [0.1, 0.15) is 0 Å². The molecule has 0 N–H and O–H groups in total. The van der Waals surface area contributed by atoms with Crippen LogP contribution in [0.15, 0.2) is 79.0 Å². The first kappa shape index (κ1) is 25.0. The lowest BCUT2D eigenvalue weighted by atomic mass is 9.98. The Balaban J connectivity index is 1.38. The fourth-order valence-corrected chi connectivity index (χ4v) is 4.96. The molecule has 4 aromatic rings. The number of benzene rings is 3. The first-order chi connectivity index (χ1) is 17.2. The molecule has 0 fully saturated rings. The van der Waals surface area contributed by atoms with Crippen molar-refractivity contribution in [3.63, 3.8) is 0 Å². The summed E-state index contributed by atoms with van der Waals surface area (Å²) in [5.41, 5.74) is 8.32. The third kappa shape index (κ3) is 6.75. The number of aromatic nitrogens is 1. The van der Waals surface area contributed by atoms with E-state index in [1.807, 2.05) is 0 Å². The molecule has 3 aromatic carbocycles. The topological polar surface area (TPSA) is 4.93 Å². The quantitative estimate of drug-likeness (QED) is 0.145. The van der Waals surface area contributed by atoms with Crippen molar-refractivity contribution < 1.29 is 0 Å². The first-order valence-corrected chi connectivity index (χ1v) is 13.6. The summed E-state index contributed by atoms with van der Waals surface area (Å²) in [5.74, 6) is 0.516. The third-order valence-corrected chi connectivity index (χ3v) is 7.05. The minimum atomic E-state index is 0.516. The Kier molecular flexibility index (Phi) is 9.01. The molecule has 1 aromatic heterocycles. The minimum absolute atomic E-state index is 0.516. The zero-order valence-electron chi connectivity index (χ0n) is 21.8. The van der Waals surface area contributed by atoms with Crippen molar-refractivity contribution in [1.82, 2.24) is 4.57 Å². The zero-order valence-corrected chi connectivity index (χ0v) is 21.8. The molecule has 4 rings (SSSR count). The Bertz CT molecular complexity index is 1210. The molecule has 1 heteroatoms. The van der Waals surface area contributed by atoms with E-state index < -0.39 is 0 Å². The van der Waals surface area contributed by atoms with Gasteiger partial charge in [0.05, 0.1) is 0 Å². The van der Waals surface area contributed by atoms with E-state index in [0.29, 0.717) is 5.92 Å². The van der Waals surface area contributed by atoms with Crippen molar-refractivity contribution in [2.45, 2.75) is 78.2 Å². The third-order valence-electron chi connectivity index (χ3n) is 7.05. The summed E-state index contributed by atoms with van der Waals surface area (Å²) in [7, 11) is 0. The summed E-state index contributed by atoms with van der Waals surface area (Å²) in [4.78, 5) is 0. The SMILES string of the molecule is CCCCn1cc(C(C)C)c2c(/C=C/c3ccc(CCCCCc4ccccc4)cc3)cccc21. The Hall–Kier alpha value is -3.06. The van der Waals surface area contributed by atoms with Crippen LogP contribution in [0.3, 0.4) is 0 Å². The molecule has 182 valence electrons. The van der Waals surface area contributed by atoms with Gasteiger partial charge in [-0.3, -0.25) is 0 Å². The largest absolute Gasteiger partial charge is 0.347 e. The monoisotopic (exact) mass is 463 g/mol. The van der Waals surface area contributed by atoms with E-state index in [1.54, 1.807) is 0 Å². The number of rotatable bonds is 12. The molecule has 0 aliphatic carbocycles. The van der Waals surface area contributed by atoms with Crippen LogP contribution in [0.4, 0.5) is 0 Å². The van der Waals surface area contributed by atoms with Crippen LogP contribution in [0.5, 0.6) is 0 Å². The van der Waals surface area contributed by atoms with Gasteiger partial charge < -0.3 is 4.57 Å². The highest BCUT2D eigenvalue weighted by Gasteiger charge is 2.13. The summed E-state index contributed by atoms with van der Waals surface area (Å²) >= 11 is 0. The second kappa shape index (κ2) is 12.6. The Morgan fingerprint density at radius 2 is 1.43 bits per heavy atom. The molecule has 0 radical (unpaired) electrons. The van der Waals surface area contributed by atoms with Gasteiger partial charge in [-0.05, 0) is 71.9 Å². The van der Waals surface area contributed by atoms with Gasteiger partial charge in [-0.1, -0.05) is 112 Å². The van der Waals surface area contributed by atoms with Gasteiger partial charge in [0, 0.05) is 23.6 Å². The van der Waals surface area contributed by atoms with Crippen LogP contribution in [0.1, 0.15) is 86.6 Å². The van der Waals surface area contributed by atoms with E-state index in [2.05, 4.69) is 116 Å². The second-order valence-electron chi connectivity index (χ2n) is 10.1. The summed E-state index contributed by atoms with van der Waals surface area (Å²) < 4.78 is 2.46. The van der Waals surface area contributed by atoms with Crippen LogP contribution < -0.4 is 0 Å². The fourth-order valence-electron chi connectivity index (χ4n) is 4.96. The fraction of sp³-hybridized carbons (Fsp3) is 0.353. The van der Waals surface area contributed by atoms with E-state index in [9.17, 15) is 0 Å². The maximum atomic E-state index is 2.46. The molecular formula is C34H41N. The molecule has 0 unspecified atom stereocenters. The molecule has 0 atom stereocenters. The molecule has 0 bridgehead atoms. The number of aryl methyl sites for hydroxylation is 3. The molecule has 0 spiro atoms. The van der Waals surface area contributed by atoms with Crippen LogP contribution >= 0.6 is 0 Å². The standard InChI is InChI=1S/C34H41N/c1-4-5-25-35-26-32(27(2)3)34-31(17-12-18-33(34)35)24-23-30-21-19-29(20-22-30)16-11-7-10-15-28-13-8-6-9-14-28/h6,8-9,12-14,17-24,26-27H,4-5,7,10-11,15-16,25H2,1-3H3/b24-23+. The summed E-state index contributed by atoms with van der Waals surface area (Å²) in [6.45, 7) is 7.97. The van der Waals surface area contributed by atoms with E-state index in [0.717, 1.165) is 6.54 Å². The van der Waals surface area contributed by atoms with Gasteiger partial charge in [-0.25, -0.2) is 0 Å². The highest BCUT2D eigenvalue weighted by Crippen LogP contribution is 2.32. The highest BCUT2D eigenvalue weighted by atomic mass is 15.0. The number of unbranched alkanes of at least 4 members (excludes halogenated alkanes) is 3. The maximum absolute atomic E-state index is 2.46. The predicted molar refractivity (Wildman–Crippen MR) is 154 cm³/mol. The van der Waals surface area contributed by atoms with E-state index in [1.165, 1.54) is 83.7 Å². The van der Waals surface area contributed by atoms with E-state index in [4.69, 9.17) is 0 Å². The Labute approximate surface area is 212 Å². The number of hydrogen-bond donors (Lipinski definition) is 0. The maximum Gasteiger partial charge on any atom is 0.0489 e. The van der Waals surface area contributed by atoms with Gasteiger partial charge in [-0.15, -0.1) is 0 Å². The van der Waals surface area contributed by atoms with Gasteiger partial charge in [-0.2, -0.15) is 0 Å². The molecule has 0 aliphatic rings. The van der Waals surface area contributed by atoms with Crippen molar-refractivity contribution in [1.29, 1.82) is 0 Å². The van der Waals surface area contributed by atoms with Gasteiger partial charge in [0.25, 0.3) is 0 Å². The van der Waals surface area contributed by atoms with Crippen molar-refractivity contribution in [3.05, 3.63) is 107 Å². The summed E-state index contributed by atoms with van der Waals surface area (Å²) in [6, 6.07) is 26.7. The van der Waals surface area contributed by atoms with Crippen molar-refractivity contribution in [2.24, 2.45) is 0 Å². The van der Waals surface area contributed by atoms with Crippen molar-refractivity contribution in [2.75, 3.05) is 0 Å². The van der Waals surface area contributed by atoms with E-state index >= 15 is 0 Å². The van der Waals surface area contributed by atoms with E-state index in [-0.39, 0.29) is 0 Å². The minimum Gasteiger partial charge on any atom is -0.347 e. The van der Waals surface area contributed by atoms with Crippen LogP contribution in [0.25, 0.3) is 23.1 Å². The van der Waals surface area contributed by atoms with Crippen LogP contribution in [0, 0.1) is 0 Å². The van der Waals surface area contributed by atoms with Crippen LogP contribution in [0.2, 0.25) is 0 Å². The highest BCUT2D eigenvalue weighted by molar-refractivity contribution is 5.94. The Morgan fingerprint density at radius 3 is 2.11 bits per heavy atom. The van der Waals surface area contributed by atoms with Gasteiger partial charge >= 0.3 is 0 Å². The molecule has 1 nitrogen and oxygen atoms in total. The molecule has 0 saturated carbocycles. The van der Waals surface area contributed by atoms with Crippen molar-refractivity contribution in [3.8, 4) is 0 Å². The Morgan fingerprint density at radius 1 is 0.714 bits per heavy atom. The molecule has 0 aliphatic heterocycles. The van der Waals surface area contributed by atoms with Crippen LogP contribution in [-0.4, -0.2) is 4.57 Å². The molecule has 0 saturated heterocycles. The lowest BCUT2D eigenvalue weighted by Crippen LogP contribution is -1.95. The summed E-state index contributed by atoms with van der Waals surface area (Å²) in [5, 5.41) is 1.42. The van der Waals surface area contributed by atoms with Gasteiger partial charge in [0.15, 0.2) is 0 Å². The smallest absolute Gasteiger partial charge is 0.0489 e. The lowest BCUT2D eigenvalue weighted by molar-refractivity contribution is 0.647. The predicted octanol–water partition coefficient (Wildman–Crippen LogP) is 9.69. The molecule has 0 amide bonds. The lowest BCUT2D eigenvalue weighted by Gasteiger charge is -2.06. The van der Waals surface area contributed by atoms with Crippen molar-refractivity contribution >= 4 is 23.1 Å². The number of nitrogens with zero attached hydrogens (tertiary/aromatic N) is 1. The number of fused-ring (bicyclic) bond motifs is 1.